The minimum atomic E-state index is -0.104. The number of benzene rings is 2. The van der Waals surface area contributed by atoms with Crippen molar-refractivity contribution in [3.8, 4) is 5.75 Å². The molecule has 0 aliphatic heterocycles. The molecular weight excluding hydrogens is 386 g/mol. The number of carbonyl (C=O) groups excluding carboxylic acids is 1. The number of amides is 1. The zero-order valence-corrected chi connectivity index (χ0v) is 17.1. The largest absolute Gasteiger partial charge is 0.492 e. The van der Waals surface area contributed by atoms with Gasteiger partial charge in [-0.25, -0.2) is 4.98 Å². The summed E-state index contributed by atoms with van der Waals surface area (Å²) >= 11 is 1.31. The summed E-state index contributed by atoms with van der Waals surface area (Å²) in [5.41, 5.74) is 1.78. The second-order valence-electron chi connectivity index (χ2n) is 7.12. The van der Waals surface area contributed by atoms with Crippen LogP contribution in [0.4, 0.5) is 0 Å². The third kappa shape index (κ3) is 4.79. The SMILES string of the molecule is Cc1cccc(OCCNC(=O)CSc2nc3ccccc3c(=O)n2C2CC2)c1. The first-order chi connectivity index (χ1) is 14.1. The van der Waals surface area contributed by atoms with Gasteiger partial charge in [0.2, 0.25) is 5.91 Å². The van der Waals surface area contributed by atoms with E-state index in [1.54, 1.807) is 10.6 Å². The smallest absolute Gasteiger partial charge is 0.262 e. The molecule has 2 aromatic carbocycles. The van der Waals surface area contributed by atoms with Crippen molar-refractivity contribution in [2.24, 2.45) is 0 Å². The summed E-state index contributed by atoms with van der Waals surface area (Å²) in [6, 6.07) is 15.4. The molecule has 1 saturated carbocycles. The number of ether oxygens (including phenoxy) is 1. The fraction of sp³-hybridized carbons (Fsp3) is 0.318. The normalized spacial score (nSPS) is 13.4. The molecule has 1 aliphatic rings. The summed E-state index contributed by atoms with van der Waals surface area (Å²) in [7, 11) is 0. The first-order valence-corrected chi connectivity index (χ1v) is 10.7. The average Bonchev–Trinajstić information content (AvgIpc) is 3.55. The number of nitrogens with one attached hydrogen (secondary N) is 1. The molecule has 150 valence electrons. The van der Waals surface area contributed by atoms with Crippen LogP contribution >= 0.6 is 11.8 Å². The number of carbonyl (C=O) groups is 1. The summed E-state index contributed by atoms with van der Waals surface area (Å²) in [4.78, 5) is 29.7. The lowest BCUT2D eigenvalue weighted by molar-refractivity contribution is -0.118. The third-order valence-electron chi connectivity index (χ3n) is 4.70. The number of hydrogen-bond acceptors (Lipinski definition) is 5. The van der Waals surface area contributed by atoms with Gasteiger partial charge in [-0.15, -0.1) is 0 Å². The van der Waals surface area contributed by atoms with Crippen LogP contribution < -0.4 is 15.6 Å². The second-order valence-corrected chi connectivity index (χ2v) is 8.06. The average molecular weight is 410 g/mol. The van der Waals surface area contributed by atoms with Crippen LogP contribution in [0.3, 0.4) is 0 Å². The van der Waals surface area contributed by atoms with Gasteiger partial charge in [0, 0.05) is 6.04 Å². The van der Waals surface area contributed by atoms with E-state index < -0.39 is 0 Å². The zero-order chi connectivity index (χ0) is 20.2. The monoisotopic (exact) mass is 409 g/mol. The first kappa shape index (κ1) is 19.5. The van der Waals surface area contributed by atoms with Crippen molar-refractivity contribution in [2.45, 2.75) is 31.0 Å². The quantitative estimate of drug-likeness (QED) is 0.351. The molecule has 6 nitrogen and oxygen atoms in total. The number of fused-ring (bicyclic) bond motifs is 1. The van der Waals surface area contributed by atoms with E-state index in [-0.39, 0.29) is 23.3 Å². The van der Waals surface area contributed by atoms with Gasteiger partial charge in [-0.1, -0.05) is 36.0 Å². The highest BCUT2D eigenvalue weighted by Gasteiger charge is 2.28. The molecule has 0 bridgehead atoms. The van der Waals surface area contributed by atoms with Gasteiger partial charge in [-0.05, 0) is 49.6 Å². The van der Waals surface area contributed by atoms with Crippen molar-refractivity contribution in [3.05, 3.63) is 64.4 Å². The summed E-state index contributed by atoms with van der Waals surface area (Å²) < 4.78 is 7.39. The van der Waals surface area contributed by atoms with E-state index in [1.165, 1.54) is 11.8 Å². The highest BCUT2D eigenvalue weighted by Crippen LogP contribution is 2.36. The number of aromatic nitrogens is 2. The molecule has 29 heavy (non-hydrogen) atoms. The molecule has 0 atom stereocenters. The Kier molecular flexibility index (Phi) is 5.85. The van der Waals surface area contributed by atoms with Gasteiger partial charge in [0.1, 0.15) is 12.4 Å². The lowest BCUT2D eigenvalue weighted by Gasteiger charge is -2.12. The molecule has 0 saturated heterocycles. The van der Waals surface area contributed by atoms with Gasteiger partial charge < -0.3 is 10.1 Å². The molecule has 1 aromatic heterocycles. The van der Waals surface area contributed by atoms with Gasteiger partial charge in [0.05, 0.1) is 23.2 Å². The number of aryl methyl sites for hydroxylation is 1. The van der Waals surface area contributed by atoms with Crippen LogP contribution in [0.25, 0.3) is 10.9 Å². The van der Waals surface area contributed by atoms with Crippen LogP contribution in [-0.4, -0.2) is 34.4 Å². The van der Waals surface area contributed by atoms with Crippen LogP contribution in [0.1, 0.15) is 24.4 Å². The fourth-order valence-corrected chi connectivity index (χ4v) is 4.02. The lowest BCUT2D eigenvalue weighted by atomic mass is 10.2. The number of nitrogens with zero attached hydrogens (tertiary/aromatic N) is 2. The molecule has 4 rings (SSSR count). The maximum atomic E-state index is 12.8. The number of thioether (sulfide) groups is 1. The molecule has 0 unspecified atom stereocenters. The first-order valence-electron chi connectivity index (χ1n) is 9.72. The summed E-state index contributed by atoms with van der Waals surface area (Å²) in [6.07, 6.45) is 1.96. The van der Waals surface area contributed by atoms with E-state index in [1.807, 2.05) is 49.4 Å². The molecule has 1 aliphatic carbocycles. The number of rotatable bonds is 8. The maximum Gasteiger partial charge on any atom is 0.262 e. The van der Waals surface area contributed by atoms with Gasteiger partial charge in [0.15, 0.2) is 5.16 Å². The van der Waals surface area contributed by atoms with Gasteiger partial charge in [-0.2, -0.15) is 0 Å². The van der Waals surface area contributed by atoms with Crippen LogP contribution in [-0.2, 0) is 4.79 Å². The van der Waals surface area contributed by atoms with E-state index in [0.717, 1.165) is 24.2 Å². The Morgan fingerprint density at radius 2 is 2.07 bits per heavy atom. The summed E-state index contributed by atoms with van der Waals surface area (Å²) in [5, 5.41) is 4.09. The Balaban J connectivity index is 1.34. The van der Waals surface area contributed by atoms with Gasteiger partial charge in [0.25, 0.3) is 5.56 Å². The van der Waals surface area contributed by atoms with Gasteiger partial charge >= 0.3 is 0 Å². The van der Waals surface area contributed by atoms with Crippen LogP contribution in [0, 0.1) is 6.92 Å². The van der Waals surface area contributed by atoms with Crippen molar-refractivity contribution in [3.63, 3.8) is 0 Å². The predicted molar refractivity (Wildman–Crippen MR) is 115 cm³/mol. The molecule has 1 amide bonds. The van der Waals surface area contributed by atoms with Crippen LogP contribution in [0.5, 0.6) is 5.75 Å². The van der Waals surface area contributed by atoms with Crippen molar-refractivity contribution in [1.82, 2.24) is 14.9 Å². The van der Waals surface area contributed by atoms with E-state index in [2.05, 4.69) is 10.3 Å². The van der Waals surface area contributed by atoms with Crippen molar-refractivity contribution in [1.29, 1.82) is 0 Å². The van der Waals surface area contributed by atoms with Crippen molar-refractivity contribution in [2.75, 3.05) is 18.9 Å². The van der Waals surface area contributed by atoms with Crippen LogP contribution in [0.15, 0.2) is 58.5 Å². The Hall–Kier alpha value is -2.80. The minimum Gasteiger partial charge on any atom is -0.492 e. The zero-order valence-electron chi connectivity index (χ0n) is 16.3. The van der Waals surface area contributed by atoms with E-state index >= 15 is 0 Å². The molecule has 1 fully saturated rings. The van der Waals surface area contributed by atoms with E-state index in [0.29, 0.717) is 29.2 Å². The molecule has 1 heterocycles. The highest BCUT2D eigenvalue weighted by molar-refractivity contribution is 7.99. The summed E-state index contributed by atoms with van der Waals surface area (Å²) in [6.45, 7) is 2.84. The fourth-order valence-electron chi connectivity index (χ4n) is 3.13. The van der Waals surface area contributed by atoms with Crippen molar-refractivity contribution >= 4 is 28.6 Å². The molecular formula is C22H23N3O3S. The minimum absolute atomic E-state index is 0.0208. The Morgan fingerprint density at radius 1 is 1.24 bits per heavy atom. The molecule has 0 spiro atoms. The predicted octanol–water partition coefficient (Wildman–Crippen LogP) is 3.33. The van der Waals surface area contributed by atoms with Crippen molar-refractivity contribution < 1.29 is 9.53 Å². The van der Waals surface area contributed by atoms with E-state index in [9.17, 15) is 9.59 Å². The summed E-state index contributed by atoms with van der Waals surface area (Å²) in [5.74, 6) is 0.900. The second kappa shape index (κ2) is 8.69. The van der Waals surface area contributed by atoms with Crippen LogP contribution in [0.2, 0.25) is 0 Å². The standard InChI is InChI=1S/C22H23N3O3S/c1-15-5-4-6-17(13-15)28-12-11-23-20(26)14-29-22-24-19-8-3-2-7-18(19)21(27)25(22)16-9-10-16/h2-8,13,16H,9-12,14H2,1H3,(H,23,26). The Bertz CT molecular complexity index is 1090. The Morgan fingerprint density at radius 3 is 2.86 bits per heavy atom. The maximum absolute atomic E-state index is 12.8. The number of hydrogen-bond donors (Lipinski definition) is 1. The molecule has 3 aromatic rings. The Labute approximate surface area is 173 Å². The third-order valence-corrected chi connectivity index (χ3v) is 5.66. The number of para-hydroxylation sites is 1. The van der Waals surface area contributed by atoms with E-state index in [4.69, 9.17) is 4.74 Å². The topological polar surface area (TPSA) is 73.2 Å². The van der Waals surface area contributed by atoms with Gasteiger partial charge in [-0.3, -0.25) is 14.2 Å². The molecule has 1 N–H and O–H groups in total. The molecule has 0 radical (unpaired) electrons. The molecule has 7 heteroatoms. The lowest BCUT2D eigenvalue weighted by Crippen LogP contribution is -2.30. The highest BCUT2D eigenvalue weighted by atomic mass is 32.2.